The maximum Gasteiger partial charge on any atom is 2.00 e. The third-order valence-electron chi connectivity index (χ3n) is 12.4. The van der Waals surface area contributed by atoms with Crippen LogP contribution >= 0.6 is 21.4 Å². The summed E-state index contributed by atoms with van der Waals surface area (Å²) in [6.07, 6.45) is 1.45. The second-order valence-electron chi connectivity index (χ2n) is 27.1. The molecule has 5 aliphatic heterocycles. The number of hydrogen-bond acceptors (Lipinski definition) is 31. The van der Waals surface area contributed by atoms with Crippen molar-refractivity contribution in [3.05, 3.63) is 115 Å². The van der Waals surface area contributed by atoms with Gasteiger partial charge >= 0.3 is 121 Å². The normalized spacial score (nSPS) is 20.8. The molecule has 7 rings (SSSR count). The monoisotopic (exact) mass is 1830 g/mol. The zero-order valence-corrected chi connectivity index (χ0v) is 75.2. The molecule has 5 aliphatic rings. The van der Waals surface area contributed by atoms with Crippen molar-refractivity contribution < 1.29 is 155 Å². The maximum absolute atomic E-state index is 12.2. The summed E-state index contributed by atoms with van der Waals surface area (Å²) >= 11 is 0. The molecule has 50 heteroatoms. The van der Waals surface area contributed by atoms with E-state index in [1.54, 1.807) is 92.4 Å². The van der Waals surface area contributed by atoms with Crippen LogP contribution < -0.4 is 17.5 Å². The smallest absolute Gasteiger partial charge is 1.00 e. The predicted molar refractivity (Wildman–Crippen MR) is 419 cm³/mol. The summed E-state index contributed by atoms with van der Waals surface area (Å²) in [6.45, 7) is 42.5. The Balaban J connectivity index is -0.000000298. The minimum absolute atomic E-state index is 0. The van der Waals surface area contributed by atoms with Gasteiger partial charge in [-0.05, 0) is 118 Å². The molecule has 2 aromatic rings. The number of carboxylic acid groups (broad SMARTS) is 1. The number of halogens is 3. The zero-order chi connectivity index (χ0) is 88.5. The molecule has 0 spiro atoms. The van der Waals surface area contributed by atoms with E-state index in [4.69, 9.17) is 60.6 Å². The number of carbonyl (C=O) groups excluding carboxylic acids is 5. The first-order chi connectivity index (χ1) is 50.7. The van der Waals surface area contributed by atoms with Crippen molar-refractivity contribution in [1.82, 2.24) is 12.9 Å². The topological polar surface area (TPSA) is 553 Å². The molecule has 5 heterocycles. The Bertz CT molecular complexity index is 4330. The van der Waals surface area contributed by atoms with E-state index in [1.165, 1.54) is 13.0 Å². The number of Topliss-reactive ketones (excluding diaryl/α,β-unsaturated/α-hetero) is 1. The van der Waals surface area contributed by atoms with Crippen molar-refractivity contribution in [3.63, 3.8) is 0 Å². The van der Waals surface area contributed by atoms with Crippen LogP contribution in [-0.2, 0) is 137 Å². The van der Waals surface area contributed by atoms with Gasteiger partial charge in [0.1, 0.15) is 32.0 Å². The summed E-state index contributed by atoms with van der Waals surface area (Å²) in [5.74, 6) is 2.47. The van der Waals surface area contributed by atoms with Gasteiger partial charge in [0.25, 0.3) is 31.9 Å². The first-order valence-electron chi connectivity index (χ1n) is 32.0. The van der Waals surface area contributed by atoms with Crippen LogP contribution in [0.15, 0.2) is 106 Å². The molecule has 3 amide bonds. The first kappa shape index (κ1) is 119. The number of nitrogens with zero attached hydrogens (tertiary/aromatic N) is 5. The fraction of sp³-hybridized carbons (Fsp3) is 0.562. The molecule has 114 heavy (non-hydrogen) atoms. The van der Waals surface area contributed by atoms with Crippen LogP contribution in [0, 0.1) is 36.1 Å². The molecule has 4 atom stereocenters. The maximum atomic E-state index is 12.2. The Morgan fingerprint density at radius 2 is 1.04 bits per heavy atom. The van der Waals surface area contributed by atoms with Crippen molar-refractivity contribution in [2.45, 2.75) is 172 Å². The van der Waals surface area contributed by atoms with Gasteiger partial charge in [-0.15, -0.1) is 17.6 Å². The van der Waals surface area contributed by atoms with E-state index in [2.05, 4.69) is 80.0 Å². The first-order valence-corrected chi connectivity index (χ1v) is 43.7. The van der Waals surface area contributed by atoms with Gasteiger partial charge in [-0.1, -0.05) is 118 Å². The molecule has 646 valence electrons. The number of amides is 3. The van der Waals surface area contributed by atoms with Gasteiger partial charge in [0.2, 0.25) is 0 Å². The molecule has 0 radical (unpaired) electrons. The number of benzene rings is 2. The summed E-state index contributed by atoms with van der Waals surface area (Å²) in [5, 5.41) is 26.2. The van der Waals surface area contributed by atoms with Gasteiger partial charge in [0.15, 0.2) is 5.78 Å². The third kappa shape index (κ3) is 54.6. The molecule has 4 saturated heterocycles. The van der Waals surface area contributed by atoms with E-state index in [0.717, 1.165) is 44.7 Å². The number of aliphatic hydroxyl groups is 2. The van der Waals surface area contributed by atoms with Crippen molar-refractivity contribution in [2.24, 2.45) is 31.2 Å². The molecule has 0 saturated carbocycles. The van der Waals surface area contributed by atoms with Crippen LogP contribution in [0.4, 0.5) is 14.4 Å². The number of aliphatic hydroxyl groups excluding tert-OH is 2. The number of allylic oxidation sites excluding steroid dienone is 1. The summed E-state index contributed by atoms with van der Waals surface area (Å²) in [4.78, 5) is 63.6. The average molecular weight is 1830 g/mol. The molecular formula is C64H100BCl3MgN6O32S7. The van der Waals surface area contributed by atoms with E-state index in [9.17, 15) is 78.1 Å². The number of nitrogens with two attached hydrogens (primary N) is 1. The molecule has 4 fully saturated rings. The molecular weight excluding hydrogens is 1730 g/mol. The van der Waals surface area contributed by atoms with E-state index >= 15 is 0 Å². The van der Waals surface area contributed by atoms with Gasteiger partial charge < -0.3 is 36.8 Å². The number of ketones is 1. The van der Waals surface area contributed by atoms with Gasteiger partial charge in [0, 0.05) is 26.8 Å². The average Bonchev–Trinajstić information content (AvgIpc) is 1.62. The summed E-state index contributed by atoms with van der Waals surface area (Å²) in [7, 11) is -17.7. The Morgan fingerprint density at radius 1 is 0.702 bits per heavy atom. The van der Waals surface area contributed by atoms with Crippen LogP contribution in [0.2, 0.25) is 0 Å². The van der Waals surface area contributed by atoms with Crippen LogP contribution in [-0.4, -0.2) is 227 Å². The van der Waals surface area contributed by atoms with E-state index in [-0.39, 0.29) is 111 Å². The number of isocyanates is 1. The van der Waals surface area contributed by atoms with Gasteiger partial charge in [-0.25, -0.2) is 47.6 Å². The van der Waals surface area contributed by atoms with E-state index < -0.39 is 110 Å². The Hall–Kier alpha value is -6.24. The second-order valence-corrected chi connectivity index (χ2v) is 38.8. The molecule has 0 aromatic heterocycles. The number of hydrogen-bond donors (Lipinski definition) is 4. The molecule has 38 nitrogen and oxygen atoms in total. The zero-order valence-electron chi connectivity index (χ0n) is 65.8. The summed E-state index contributed by atoms with van der Waals surface area (Å²) in [5.41, 5.74) is 0.635. The molecule has 0 bridgehead atoms. The molecule has 0 aliphatic carbocycles. The quantitative estimate of drug-likeness (QED) is 0.0193. The van der Waals surface area contributed by atoms with Crippen LogP contribution in [0.1, 0.15) is 148 Å². The second kappa shape index (κ2) is 54.0. The van der Waals surface area contributed by atoms with Gasteiger partial charge in [-0.3, -0.25) is 26.3 Å². The SMILES string of the molecule is C=C(C)CC1(C)COS(=O)(=O)N1C(=O)OCc1ccccc1.C=C(C)C[C@@]1(C)COS(=O)(=O)N1C(=O)OCc1ccccc1.C=C([CH2-])C.CC(=O)CO.CC(C)C[C@@]1(C)COS(=O)(=O)C1.CC(C)C[C@@]1(C)COS(=O)(=O)N1C(=O)OC(C)(C)C.CC1=NS(=O)(=O)OC1.NS(=O)(=O)Cl.O=BC#CO.O=C=NS(=O)(=O)Cl.O=CO.[Cl-].[Mg+2]. The fourth-order valence-electron chi connectivity index (χ4n) is 9.43. The predicted octanol–water partition coefficient (Wildman–Crippen LogP) is 4.52. The van der Waals surface area contributed by atoms with Gasteiger partial charge in [-0.2, -0.15) is 71.8 Å². The van der Waals surface area contributed by atoms with Crippen LogP contribution in [0.5, 0.6) is 0 Å². The Kier molecular flexibility index (Phi) is 56.1. The molecule has 1 unspecified atom stereocenters. The summed E-state index contributed by atoms with van der Waals surface area (Å²) < 4.78 is 207. The Labute approximate surface area is 702 Å². The fourth-order valence-corrected chi connectivity index (χ4v) is 16.2. The Morgan fingerprint density at radius 3 is 1.25 bits per heavy atom. The van der Waals surface area contributed by atoms with Crippen LogP contribution in [0.25, 0.3) is 0 Å². The van der Waals surface area contributed by atoms with Crippen LogP contribution in [0.3, 0.4) is 0 Å². The van der Waals surface area contributed by atoms with E-state index in [0.29, 0.717) is 53.3 Å². The number of rotatable bonds is 14. The standard InChI is InChI=1S/2C15H19NO5S.C12H23NO5S.C8H16O3S.C4H7.C3H5NO3S.C3H6O2.C2HBO2.CClNO3S.CH2O2.ClH2NO2S.ClH.Mg/c2*1-12(2)9-15(3)11-21-22(18,19)16(15)14(17)20-10-13-7-5-4-6-8-13;1-9(2)7-12(6)8-17-19(15,16)13(12)10(14)18-11(3,4)5;1-7(2)4-8(3)5-11-12(9,10)6-8;1-4(2)3;1-3-2-7-8(5,6)4-3;1-3(5)2-4;4-2-1-3-5;2-7(5,6)3-1-4;2-1-3;1-5(2,3)4;;/h2*4-8H,1,9-11H2,2-3H3;9H,7-8H2,1-6H3;7H,4-6H2,1-3H3;1-2H2,3H3;2H2,1H3;4H,2H2,1H3;4H;;1H,(H,2,3);(H2,2,3,4);1H;/q;;;;-1;;;;;;;;+2/p-1/t15-;;12-;8-;;;;;;;;;/m0.00........./s1. The minimum Gasteiger partial charge on any atom is -1.00 e. The third-order valence-corrected chi connectivity index (χ3v) is 19.7. The number of carbonyl (C=O) groups is 5. The van der Waals surface area contributed by atoms with Crippen molar-refractivity contribution in [2.75, 3.05) is 45.4 Å². The van der Waals surface area contributed by atoms with Gasteiger partial charge in [0.05, 0.1) is 54.5 Å². The van der Waals surface area contributed by atoms with Crippen molar-refractivity contribution in [1.29, 1.82) is 0 Å². The largest absolute Gasteiger partial charge is 2.00 e. The summed E-state index contributed by atoms with van der Waals surface area (Å²) in [6, 6.07) is 18.1. The number of ether oxygens (including phenoxy) is 3. The van der Waals surface area contributed by atoms with Crippen molar-refractivity contribution >= 4 is 164 Å². The molecule has 5 N–H and O–H groups in total. The minimum atomic E-state index is -4.13. The van der Waals surface area contributed by atoms with Crippen molar-refractivity contribution in [3.8, 4) is 11.9 Å². The van der Waals surface area contributed by atoms with E-state index in [1.807, 2.05) is 64.1 Å². The molecule has 2 aromatic carbocycles.